The van der Waals surface area contributed by atoms with E-state index < -0.39 is 0 Å². The summed E-state index contributed by atoms with van der Waals surface area (Å²) < 4.78 is 0. The molecule has 2 aromatic carbocycles. The van der Waals surface area contributed by atoms with Crippen molar-refractivity contribution in [2.75, 3.05) is 0 Å². The Morgan fingerprint density at radius 2 is 1.73 bits per heavy atom. The molecule has 1 saturated heterocycles. The van der Waals surface area contributed by atoms with Crippen molar-refractivity contribution < 1.29 is 0 Å². The van der Waals surface area contributed by atoms with E-state index in [1.807, 2.05) is 0 Å². The zero-order valence-corrected chi connectivity index (χ0v) is 15.0. The van der Waals surface area contributed by atoms with Crippen molar-refractivity contribution in [3.8, 4) is 0 Å². The molecular weight excluding hydrogens is 316 g/mol. The van der Waals surface area contributed by atoms with Crippen molar-refractivity contribution in [1.82, 2.24) is 9.88 Å². The fourth-order valence-electron chi connectivity index (χ4n) is 4.59. The maximum absolute atomic E-state index is 4.95. The minimum Gasteiger partial charge on any atom is -0.289 e. The molecule has 2 aliphatic rings. The summed E-state index contributed by atoms with van der Waals surface area (Å²) in [6.45, 7) is 1.06. The molecule has 2 nitrogen and oxygen atoms in total. The lowest BCUT2D eigenvalue weighted by atomic mass is 9.83. The number of benzene rings is 2. The van der Waals surface area contributed by atoms with E-state index in [1.54, 1.807) is 0 Å². The third-order valence-electron chi connectivity index (χ3n) is 5.92. The van der Waals surface area contributed by atoms with Crippen LogP contribution in [-0.4, -0.2) is 22.0 Å². The Bertz CT molecular complexity index is 945. The maximum atomic E-state index is 4.95. The third-order valence-corrected chi connectivity index (χ3v) is 5.92. The van der Waals surface area contributed by atoms with Crippen molar-refractivity contribution in [3.05, 3.63) is 84.1 Å². The number of hydrogen-bond acceptors (Lipinski definition) is 2. The van der Waals surface area contributed by atoms with Gasteiger partial charge in [-0.25, -0.2) is 4.98 Å². The first-order valence-electron chi connectivity index (χ1n) is 9.73. The molecule has 0 N–H and O–H groups in total. The summed E-state index contributed by atoms with van der Waals surface area (Å²) in [5.74, 6) is 0. The first-order chi connectivity index (χ1) is 12.9. The summed E-state index contributed by atoms with van der Waals surface area (Å²) >= 11 is 0. The number of piperidine rings is 1. The van der Waals surface area contributed by atoms with Crippen LogP contribution in [0.5, 0.6) is 0 Å². The Balaban J connectivity index is 1.46. The Hall–Kier alpha value is -2.45. The Morgan fingerprint density at radius 1 is 0.885 bits per heavy atom. The molecule has 3 heterocycles. The predicted molar refractivity (Wildman–Crippen MR) is 108 cm³/mol. The second kappa shape index (κ2) is 6.69. The molecule has 2 unspecified atom stereocenters. The van der Waals surface area contributed by atoms with E-state index in [9.17, 15) is 0 Å². The van der Waals surface area contributed by atoms with Crippen LogP contribution >= 0.6 is 0 Å². The molecule has 0 saturated carbocycles. The van der Waals surface area contributed by atoms with Crippen molar-refractivity contribution in [2.45, 2.75) is 44.3 Å². The summed E-state index contributed by atoms with van der Waals surface area (Å²) in [7, 11) is 0. The molecule has 130 valence electrons. The lowest BCUT2D eigenvalue weighted by molar-refractivity contribution is 0.0950. The van der Waals surface area contributed by atoms with Gasteiger partial charge in [0.1, 0.15) is 0 Å². The third kappa shape index (κ3) is 2.95. The fraction of sp³-hybridized carbons (Fsp3) is 0.292. The van der Waals surface area contributed by atoms with E-state index in [-0.39, 0.29) is 0 Å². The van der Waals surface area contributed by atoms with Crippen molar-refractivity contribution >= 4 is 16.5 Å². The summed E-state index contributed by atoms with van der Waals surface area (Å²) in [5, 5.41) is 1.22. The van der Waals surface area contributed by atoms with Crippen LogP contribution in [-0.2, 0) is 6.54 Å². The van der Waals surface area contributed by atoms with Crippen molar-refractivity contribution in [1.29, 1.82) is 0 Å². The van der Waals surface area contributed by atoms with Crippen LogP contribution in [0, 0.1) is 0 Å². The van der Waals surface area contributed by atoms with Crippen LogP contribution in [0.25, 0.3) is 16.5 Å². The van der Waals surface area contributed by atoms with Gasteiger partial charge in [-0.1, -0.05) is 67.1 Å². The van der Waals surface area contributed by atoms with Gasteiger partial charge in [0.15, 0.2) is 0 Å². The van der Waals surface area contributed by atoms with Gasteiger partial charge in [-0.3, -0.25) is 4.90 Å². The molecular formula is C24H24N2. The van der Waals surface area contributed by atoms with Crippen LogP contribution < -0.4 is 0 Å². The Morgan fingerprint density at radius 3 is 2.62 bits per heavy atom. The van der Waals surface area contributed by atoms with Gasteiger partial charge in [0.2, 0.25) is 0 Å². The van der Waals surface area contributed by atoms with Gasteiger partial charge in [-0.15, -0.1) is 0 Å². The van der Waals surface area contributed by atoms with E-state index in [1.165, 1.54) is 41.5 Å². The topological polar surface area (TPSA) is 16.1 Å². The highest BCUT2D eigenvalue weighted by Crippen LogP contribution is 2.37. The monoisotopic (exact) mass is 340 g/mol. The number of para-hydroxylation sites is 1. The van der Waals surface area contributed by atoms with Gasteiger partial charge in [0, 0.05) is 24.0 Å². The standard InChI is InChI=1S/C24H24N2/c1-2-7-18(8-3-1)17-26-21-10-6-11-22(26)16-20(15-21)24-14-13-19-9-4-5-12-23(19)25-24/h1-5,7-9,12-15,21-22H,6,10-11,16-17H2. The summed E-state index contributed by atoms with van der Waals surface area (Å²) in [4.78, 5) is 7.66. The van der Waals surface area contributed by atoms with Crippen molar-refractivity contribution in [3.63, 3.8) is 0 Å². The van der Waals surface area contributed by atoms with E-state index in [4.69, 9.17) is 4.98 Å². The number of rotatable bonds is 3. The Labute approximate surface area is 155 Å². The number of aromatic nitrogens is 1. The molecule has 5 rings (SSSR count). The predicted octanol–water partition coefficient (Wildman–Crippen LogP) is 5.45. The highest BCUT2D eigenvalue weighted by atomic mass is 15.2. The van der Waals surface area contributed by atoms with Gasteiger partial charge in [0.25, 0.3) is 0 Å². The van der Waals surface area contributed by atoms with E-state index in [0.29, 0.717) is 12.1 Å². The van der Waals surface area contributed by atoms with E-state index in [0.717, 1.165) is 18.5 Å². The first kappa shape index (κ1) is 15.8. The second-order valence-electron chi connectivity index (χ2n) is 7.60. The minimum atomic E-state index is 0.547. The molecule has 0 aliphatic carbocycles. The van der Waals surface area contributed by atoms with Gasteiger partial charge in [-0.2, -0.15) is 0 Å². The molecule has 0 amide bonds. The van der Waals surface area contributed by atoms with Gasteiger partial charge < -0.3 is 0 Å². The van der Waals surface area contributed by atoms with Gasteiger partial charge in [-0.05, 0) is 42.5 Å². The average molecular weight is 340 g/mol. The average Bonchev–Trinajstić information content (AvgIpc) is 2.68. The van der Waals surface area contributed by atoms with E-state index >= 15 is 0 Å². The van der Waals surface area contributed by atoms with Crippen LogP contribution in [0.2, 0.25) is 0 Å². The van der Waals surface area contributed by atoms with E-state index in [2.05, 4.69) is 77.7 Å². The fourth-order valence-corrected chi connectivity index (χ4v) is 4.59. The second-order valence-corrected chi connectivity index (χ2v) is 7.60. The number of fused-ring (bicyclic) bond motifs is 3. The van der Waals surface area contributed by atoms with Gasteiger partial charge in [0.05, 0.1) is 11.2 Å². The van der Waals surface area contributed by atoms with Crippen molar-refractivity contribution in [2.24, 2.45) is 0 Å². The highest BCUT2D eigenvalue weighted by Gasteiger charge is 2.34. The number of nitrogens with zero attached hydrogens (tertiary/aromatic N) is 2. The lowest BCUT2D eigenvalue weighted by Crippen LogP contribution is -2.47. The molecule has 2 heteroatoms. The molecule has 26 heavy (non-hydrogen) atoms. The molecule has 1 fully saturated rings. The molecule has 0 spiro atoms. The van der Waals surface area contributed by atoms with Crippen LogP contribution in [0.3, 0.4) is 0 Å². The SMILES string of the molecule is C1=C(c2ccc3ccccc3n2)CC2CCCC1N2Cc1ccccc1. The summed E-state index contributed by atoms with van der Waals surface area (Å²) in [6, 6.07) is 24.9. The molecule has 1 aromatic heterocycles. The summed E-state index contributed by atoms with van der Waals surface area (Å²) in [6.07, 6.45) is 7.52. The zero-order chi connectivity index (χ0) is 17.3. The van der Waals surface area contributed by atoms with Gasteiger partial charge >= 0.3 is 0 Å². The quantitative estimate of drug-likeness (QED) is 0.630. The van der Waals surface area contributed by atoms with Crippen LogP contribution in [0.4, 0.5) is 0 Å². The number of hydrogen-bond donors (Lipinski definition) is 0. The molecule has 2 atom stereocenters. The molecule has 2 bridgehead atoms. The Kier molecular flexibility index (Phi) is 4.06. The maximum Gasteiger partial charge on any atom is 0.0709 e. The molecule has 3 aromatic rings. The highest BCUT2D eigenvalue weighted by molar-refractivity contribution is 5.81. The van der Waals surface area contributed by atoms with Crippen LogP contribution in [0.1, 0.15) is 36.9 Å². The number of pyridine rings is 1. The lowest BCUT2D eigenvalue weighted by Gasteiger charge is -2.45. The largest absolute Gasteiger partial charge is 0.289 e. The zero-order valence-electron chi connectivity index (χ0n) is 15.0. The normalized spacial score (nSPS) is 23.0. The molecule has 2 aliphatic heterocycles. The molecule has 0 radical (unpaired) electrons. The smallest absolute Gasteiger partial charge is 0.0709 e. The van der Waals surface area contributed by atoms with Crippen LogP contribution in [0.15, 0.2) is 72.8 Å². The first-order valence-corrected chi connectivity index (χ1v) is 9.73. The summed E-state index contributed by atoms with van der Waals surface area (Å²) in [5.41, 5.74) is 5.13. The minimum absolute atomic E-state index is 0.547.